The highest BCUT2D eigenvalue weighted by atomic mass is 32.2. The monoisotopic (exact) mass is 457 g/mol. The standard InChI is InChI=1S/C24H31N3O4S/c1-24(2,3)20-9-11-21(12-10-20)32(30,31)25-14-13-22(28)26-15-17-27(18-16-26)23(29)19-7-5-4-6-8-19/h4-12,25H,13-18H2,1-3H3. The third kappa shape index (κ3) is 5.95. The van der Waals surface area contributed by atoms with Crippen molar-refractivity contribution in [2.45, 2.75) is 37.5 Å². The maximum atomic E-state index is 12.5. The van der Waals surface area contributed by atoms with Crippen LogP contribution in [0.2, 0.25) is 0 Å². The summed E-state index contributed by atoms with van der Waals surface area (Å²) in [5.41, 5.74) is 1.63. The Morgan fingerprint density at radius 3 is 2.00 bits per heavy atom. The zero-order valence-corrected chi connectivity index (χ0v) is 19.7. The molecule has 1 heterocycles. The van der Waals surface area contributed by atoms with Crippen LogP contribution in [-0.4, -0.2) is 62.8 Å². The summed E-state index contributed by atoms with van der Waals surface area (Å²) >= 11 is 0. The van der Waals surface area contributed by atoms with Crippen LogP contribution in [-0.2, 0) is 20.2 Å². The fourth-order valence-corrected chi connectivity index (χ4v) is 4.62. The molecule has 1 fully saturated rings. The maximum absolute atomic E-state index is 12.5. The molecule has 8 heteroatoms. The number of hydrogen-bond donors (Lipinski definition) is 1. The van der Waals surface area contributed by atoms with Crippen LogP contribution in [0.5, 0.6) is 0 Å². The molecule has 3 rings (SSSR count). The quantitative estimate of drug-likeness (QED) is 0.723. The molecular weight excluding hydrogens is 426 g/mol. The molecule has 1 aliphatic rings. The fraction of sp³-hybridized carbons (Fsp3) is 0.417. The van der Waals surface area contributed by atoms with Crippen molar-refractivity contribution in [1.82, 2.24) is 14.5 Å². The van der Waals surface area contributed by atoms with Gasteiger partial charge in [-0.3, -0.25) is 9.59 Å². The Balaban J connectivity index is 1.46. The number of nitrogens with one attached hydrogen (secondary N) is 1. The first-order valence-corrected chi connectivity index (χ1v) is 12.3. The van der Waals surface area contributed by atoms with Gasteiger partial charge in [-0.05, 0) is 35.2 Å². The summed E-state index contributed by atoms with van der Waals surface area (Å²) in [6.45, 7) is 8.05. The molecule has 0 unspecified atom stereocenters. The Kier molecular flexibility index (Phi) is 7.36. The van der Waals surface area contributed by atoms with Crippen LogP contribution < -0.4 is 4.72 Å². The summed E-state index contributed by atoms with van der Waals surface area (Å²) in [5, 5.41) is 0. The molecule has 2 aromatic carbocycles. The SMILES string of the molecule is CC(C)(C)c1ccc(S(=O)(=O)NCCC(=O)N2CCN(C(=O)c3ccccc3)CC2)cc1. The predicted molar refractivity (Wildman–Crippen MR) is 124 cm³/mol. The van der Waals surface area contributed by atoms with Gasteiger partial charge in [0.2, 0.25) is 15.9 Å². The van der Waals surface area contributed by atoms with Gasteiger partial charge in [0.1, 0.15) is 0 Å². The van der Waals surface area contributed by atoms with E-state index in [1.807, 2.05) is 30.3 Å². The average Bonchev–Trinajstić information content (AvgIpc) is 2.78. The number of piperazine rings is 1. The molecule has 1 aliphatic heterocycles. The van der Waals surface area contributed by atoms with E-state index in [0.717, 1.165) is 5.56 Å². The third-order valence-corrected chi connectivity index (χ3v) is 7.08. The minimum Gasteiger partial charge on any atom is -0.339 e. The van der Waals surface area contributed by atoms with E-state index in [1.54, 1.807) is 34.1 Å². The number of carbonyl (C=O) groups is 2. The van der Waals surface area contributed by atoms with Crippen LogP contribution in [0.15, 0.2) is 59.5 Å². The van der Waals surface area contributed by atoms with Crippen LogP contribution in [0, 0.1) is 0 Å². The zero-order valence-electron chi connectivity index (χ0n) is 18.9. The second-order valence-electron chi connectivity index (χ2n) is 8.96. The number of benzene rings is 2. The lowest BCUT2D eigenvalue weighted by atomic mass is 9.87. The first-order valence-electron chi connectivity index (χ1n) is 10.8. The Morgan fingerprint density at radius 1 is 0.875 bits per heavy atom. The van der Waals surface area contributed by atoms with Crippen LogP contribution in [0.1, 0.15) is 43.1 Å². The van der Waals surface area contributed by atoms with E-state index >= 15 is 0 Å². The lowest BCUT2D eigenvalue weighted by Crippen LogP contribution is -2.51. The lowest BCUT2D eigenvalue weighted by molar-refractivity contribution is -0.132. The van der Waals surface area contributed by atoms with Crippen molar-refractivity contribution in [3.8, 4) is 0 Å². The topological polar surface area (TPSA) is 86.8 Å². The minimum atomic E-state index is -3.67. The molecule has 7 nitrogen and oxygen atoms in total. The number of nitrogens with zero attached hydrogens (tertiary/aromatic N) is 2. The Bertz CT molecular complexity index is 1040. The number of rotatable bonds is 6. The van der Waals surface area contributed by atoms with Crippen molar-refractivity contribution in [3.63, 3.8) is 0 Å². The van der Waals surface area contributed by atoms with E-state index in [0.29, 0.717) is 31.7 Å². The Labute approximate surface area is 190 Å². The number of hydrogen-bond acceptors (Lipinski definition) is 4. The van der Waals surface area contributed by atoms with E-state index in [2.05, 4.69) is 25.5 Å². The Hall–Kier alpha value is -2.71. The van der Waals surface area contributed by atoms with E-state index in [4.69, 9.17) is 0 Å². The van der Waals surface area contributed by atoms with Crippen molar-refractivity contribution in [2.24, 2.45) is 0 Å². The molecular formula is C24H31N3O4S. The summed E-state index contributed by atoms with van der Waals surface area (Å²) in [6.07, 6.45) is 0.0753. The van der Waals surface area contributed by atoms with E-state index in [9.17, 15) is 18.0 Å². The van der Waals surface area contributed by atoms with Crippen molar-refractivity contribution in [1.29, 1.82) is 0 Å². The minimum absolute atomic E-state index is 0.0331. The van der Waals surface area contributed by atoms with Gasteiger partial charge in [-0.1, -0.05) is 51.1 Å². The number of sulfonamides is 1. The van der Waals surface area contributed by atoms with E-state index in [-0.39, 0.29) is 35.1 Å². The fourth-order valence-electron chi connectivity index (χ4n) is 3.59. The summed E-state index contributed by atoms with van der Waals surface area (Å²) in [7, 11) is -3.67. The smallest absolute Gasteiger partial charge is 0.253 e. The first kappa shape index (κ1) is 23.9. The summed E-state index contributed by atoms with van der Waals surface area (Å²) in [5.74, 6) is -0.162. The highest BCUT2D eigenvalue weighted by molar-refractivity contribution is 7.89. The van der Waals surface area contributed by atoms with Gasteiger partial charge in [0, 0.05) is 44.7 Å². The van der Waals surface area contributed by atoms with E-state index in [1.165, 1.54) is 0 Å². The van der Waals surface area contributed by atoms with Gasteiger partial charge >= 0.3 is 0 Å². The highest BCUT2D eigenvalue weighted by Crippen LogP contribution is 2.23. The van der Waals surface area contributed by atoms with Crippen molar-refractivity contribution in [2.75, 3.05) is 32.7 Å². The zero-order chi connectivity index (χ0) is 23.4. The van der Waals surface area contributed by atoms with Gasteiger partial charge in [0.15, 0.2) is 0 Å². The summed E-state index contributed by atoms with van der Waals surface area (Å²) < 4.78 is 27.6. The molecule has 0 aliphatic carbocycles. The molecule has 172 valence electrons. The predicted octanol–water partition coefficient (Wildman–Crippen LogP) is 2.64. The molecule has 0 spiro atoms. The largest absolute Gasteiger partial charge is 0.339 e. The third-order valence-electron chi connectivity index (χ3n) is 5.60. The van der Waals surface area contributed by atoms with Crippen LogP contribution in [0.3, 0.4) is 0 Å². The molecule has 2 amide bonds. The normalized spacial score (nSPS) is 15.0. The second-order valence-corrected chi connectivity index (χ2v) is 10.7. The molecule has 0 aromatic heterocycles. The van der Waals surface area contributed by atoms with Gasteiger partial charge in [-0.25, -0.2) is 13.1 Å². The molecule has 1 N–H and O–H groups in total. The van der Waals surface area contributed by atoms with Crippen LogP contribution in [0.25, 0.3) is 0 Å². The molecule has 0 atom stereocenters. The van der Waals surface area contributed by atoms with Gasteiger partial charge < -0.3 is 9.80 Å². The number of amides is 2. The average molecular weight is 458 g/mol. The van der Waals surface area contributed by atoms with Gasteiger partial charge in [0.05, 0.1) is 4.90 Å². The van der Waals surface area contributed by atoms with Crippen molar-refractivity contribution in [3.05, 3.63) is 65.7 Å². The molecule has 32 heavy (non-hydrogen) atoms. The highest BCUT2D eigenvalue weighted by Gasteiger charge is 2.25. The molecule has 0 saturated carbocycles. The first-order chi connectivity index (χ1) is 15.1. The summed E-state index contributed by atoms with van der Waals surface area (Å²) in [4.78, 5) is 28.6. The van der Waals surface area contributed by atoms with Crippen molar-refractivity contribution < 1.29 is 18.0 Å². The molecule has 2 aromatic rings. The maximum Gasteiger partial charge on any atom is 0.253 e. The lowest BCUT2D eigenvalue weighted by Gasteiger charge is -2.35. The summed E-state index contributed by atoms with van der Waals surface area (Å²) in [6, 6.07) is 15.9. The van der Waals surface area contributed by atoms with Crippen molar-refractivity contribution >= 4 is 21.8 Å². The van der Waals surface area contributed by atoms with Crippen LogP contribution in [0.4, 0.5) is 0 Å². The molecule has 0 radical (unpaired) electrons. The van der Waals surface area contributed by atoms with Gasteiger partial charge in [-0.2, -0.15) is 0 Å². The number of carbonyl (C=O) groups excluding carboxylic acids is 2. The van der Waals surface area contributed by atoms with Gasteiger partial charge in [0.25, 0.3) is 5.91 Å². The Morgan fingerprint density at radius 2 is 1.44 bits per heavy atom. The second kappa shape index (κ2) is 9.83. The van der Waals surface area contributed by atoms with Crippen LogP contribution >= 0.6 is 0 Å². The van der Waals surface area contributed by atoms with E-state index < -0.39 is 10.0 Å². The molecule has 0 bridgehead atoms. The van der Waals surface area contributed by atoms with Gasteiger partial charge in [-0.15, -0.1) is 0 Å². The molecule has 1 saturated heterocycles.